The molecule has 3 heteroatoms. The van der Waals surface area contributed by atoms with Crippen LogP contribution in [0, 0.1) is 5.92 Å². The van der Waals surface area contributed by atoms with Crippen LogP contribution in [-0.2, 0) is 0 Å². The lowest BCUT2D eigenvalue weighted by atomic mass is 10.1. The highest BCUT2D eigenvalue weighted by atomic mass is 15.2. The monoisotopic (exact) mass is 227 g/mol. The van der Waals surface area contributed by atoms with Gasteiger partial charge in [0.05, 0.1) is 0 Å². The Morgan fingerprint density at radius 1 is 1.25 bits per heavy atom. The highest BCUT2D eigenvalue weighted by Gasteiger charge is 2.24. The molecule has 1 N–H and O–H groups in total. The van der Waals surface area contributed by atoms with E-state index < -0.39 is 0 Å². The summed E-state index contributed by atoms with van der Waals surface area (Å²) in [6.07, 6.45) is 2.62. The fraction of sp³-hybridized carbons (Fsp3) is 1.00. The summed E-state index contributed by atoms with van der Waals surface area (Å²) in [7, 11) is 4.26. The van der Waals surface area contributed by atoms with E-state index in [9.17, 15) is 0 Å². The van der Waals surface area contributed by atoms with E-state index >= 15 is 0 Å². The average molecular weight is 227 g/mol. The molecule has 1 aliphatic rings. The maximum Gasteiger partial charge on any atom is 0.0110 e. The third-order valence-corrected chi connectivity index (χ3v) is 3.45. The Bertz CT molecular complexity index is 182. The molecule has 0 bridgehead atoms. The standard InChI is InChI=1S/C13H29N3/c1-12-10-13(2)16(11-12)9-7-14-6-5-8-15(3)4/h12-14H,5-11H2,1-4H3. The summed E-state index contributed by atoms with van der Waals surface area (Å²) < 4.78 is 0. The molecule has 0 aromatic heterocycles. The number of hydrogen-bond donors (Lipinski definition) is 1. The van der Waals surface area contributed by atoms with Crippen LogP contribution in [0.2, 0.25) is 0 Å². The molecule has 0 aromatic carbocycles. The molecular formula is C13H29N3. The largest absolute Gasteiger partial charge is 0.315 e. The fourth-order valence-electron chi connectivity index (χ4n) is 2.57. The summed E-state index contributed by atoms with van der Waals surface area (Å²) in [6.45, 7) is 10.7. The second-order valence-electron chi connectivity index (χ2n) is 5.59. The van der Waals surface area contributed by atoms with E-state index in [4.69, 9.17) is 0 Å². The third kappa shape index (κ3) is 5.28. The highest BCUT2D eigenvalue weighted by Crippen LogP contribution is 2.21. The first-order valence-electron chi connectivity index (χ1n) is 6.69. The maximum atomic E-state index is 3.53. The van der Waals surface area contributed by atoms with Crippen molar-refractivity contribution in [1.29, 1.82) is 0 Å². The Labute approximate surface area is 101 Å². The van der Waals surface area contributed by atoms with E-state index in [-0.39, 0.29) is 0 Å². The smallest absolute Gasteiger partial charge is 0.0110 e. The molecule has 16 heavy (non-hydrogen) atoms. The van der Waals surface area contributed by atoms with Crippen LogP contribution in [0.25, 0.3) is 0 Å². The normalized spacial score (nSPS) is 26.8. The fourth-order valence-corrected chi connectivity index (χ4v) is 2.57. The van der Waals surface area contributed by atoms with E-state index in [1.165, 1.54) is 32.5 Å². The highest BCUT2D eigenvalue weighted by molar-refractivity contribution is 4.80. The van der Waals surface area contributed by atoms with Gasteiger partial charge in [-0.2, -0.15) is 0 Å². The molecule has 0 radical (unpaired) electrons. The van der Waals surface area contributed by atoms with Gasteiger partial charge in [0.1, 0.15) is 0 Å². The molecule has 0 saturated carbocycles. The van der Waals surface area contributed by atoms with Crippen LogP contribution in [-0.4, -0.2) is 62.7 Å². The van der Waals surface area contributed by atoms with Gasteiger partial charge in [-0.1, -0.05) is 6.92 Å². The molecule has 3 nitrogen and oxygen atoms in total. The molecule has 96 valence electrons. The van der Waals surface area contributed by atoms with Crippen molar-refractivity contribution >= 4 is 0 Å². The predicted octanol–water partition coefficient (Wildman–Crippen LogP) is 1.26. The number of nitrogens with one attached hydrogen (secondary N) is 1. The van der Waals surface area contributed by atoms with Gasteiger partial charge in [-0.15, -0.1) is 0 Å². The Morgan fingerprint density at radius 2 is 2.00 bits per heavy atom. The van der Waals surface area contributed by atoms with Crippen molar-refractivity contribution in [1.82, 2.24) is 15.1 Å². The summed E-state index contributed by atoms with van der Waals surface area (Å²) >= 11 is 0. The van der Waals surface area contributed by atoms with Gasteiger partial charge < -0.3 is 10.2 Å². The summed E-state index contributed by atoms with van der Waals surface area (Å²) in [6, 6.07) is 0.790. The first-order chi connectivity index (χ1) is 7.59. The van der Waals surface area contributed by atoms with Gasteiger partial charge >= 0.3 is 0 Å². The lowest BCUT2D eigenvalue weighted by molar-refractivity contribution is 0.264. The number of likely N-dealkylation sites (tertiary alicyclic amines) is 1. The van der Waals surface area contributed by atoms with E-state index in [2.05, 4.69) is 43.1 Å². The SMILES string of the molecule is CC1CC(C)N(CCNCCCN(C)C)C1. The van der Waals surface area contributed by atoms with Crippen LogP contribution in [0.5, 0.6) is 0 Å². The van der Waals surface area contributed by atoms with Crippen LogP contribution in [0.1, 0.15) is 26.7 Å². The molecule has 0 aromatic rings. The molecule has 1 fully saturated rings. The Morgan fingerprint density at radius 3 is 2.56 bits per heavy atom. The molecule has 0 amide bonds. The lowest BCUT2D eigenvalue weighted by Crippen LogP contribution is -2.35. The van der Waals surface area contributed by atoms with Crippen LogP contribution >= 0.6 is 0 Å². The predicted molar refractivity (Wildman–Crippen MR) is 70.9 cm³/mol. The minimum atomic E-state index is 0.790. The Hall–Kier alpha value is -0.120. The molecule has 0 aliphatic carbocycles. The zero-order chi connectivity index (χ0) is 12.0. The molecule has 2 unspecified atom stereocenters. The molecule has 1 saturated heterocycles. The Kier molecular flexibility index (Phi) is 6.32. The van der Waals surface area contributed by atoms with Gasteiger partial charge in [0.2, 0.25) is 0 Å². The average Bonchev–Trinajstić information content (AvgIpc) is 2.50. The number of rotatable bonds is 7. The van der Waals surface area contributed by atoms with E-state index in [0.717, 1.165) is 25.0 Å². The Balaban J connectivity index is 1.95. The topological polar surface area (TPSA) is 18.5 Å². The minimum Gasteiger partial charge on any atom is -0.315 e. The van der Waals surface area contributed by atoms with Crippen molar-refractivity contribution in [3.8, 4) is 0 Å². The van der Waals surface area contributed by atoms with Crippen LogP contribution in [0.15, 0.2) is 0 Å². The van der Waals surface area contributed by atoms with Crippen LogP contribution in [0.4, 0.5) is 0 Å². The van der Waals surface area contributed by atoms with Crippen molar-refractivity contribution < 1.29 is 0 Å². The van der Waals surface area contributed by atoms with Crippen molar-refractivity contribution in [2.75, 3.05) is 46.8 Å². The minimum absolute atomic E-state index is 0.790. The molecule has 1 heterocycles. The second-order valence-corrected chi connectivity index (χ2v) is 5.59. The summed E-state index contributed by atoms with van der Waals surface area (Å²) in [5.74, 6) is 0.892. The van der Waals surface area contributed by atoms with E-state index in [1.807, 2.05) is 0 Å². The van der Waals surface area contributed by atoms with Gasteiger partial charge in [0, 0.05) is 25.7 Å². The van der Waals surface area contributed by atoms with Gasteiger partial charge in [-0.05, 0) is 52.9 Å². The van der Waals surface area contributed by atoms with E-state index in [1.54, 1.807) is 0 Å². The zero-order valence-corrected chi connectivity index (χ0v) is 11.5. The van der Waals surface area contributed by atoms with Crippen molar-refractivity contribution in [2.45, 2.75) is 32.7 Å². The lowest BCUT2D eigenvalue weighted by Gasteiger charge is -2.21. The maximum absolute atomic E-state index is 3.53. The molecule has 1 rings (SSSR count). The number of hydrogen-bond acceptors (Lipinski definition) is 3. The third-order valence-electron chi connectivity index (χ3n) is 3.45. The molecule has 1 aliphatic heterocycles. The molecule has 2 atom stereocenters. The zero-order valence-electron chi connectivity index (χ0n) is 11.5. The first kappa shape index (κ1) is 13.9. The van der Waals surface area contributed by atoms with Crippen molar-refractivity contribution in [3.63, 3.8) is 0 Å². The van der Waals surface area contributed by atoms with Gasteiger partial charge in [-0.25, -0.2) is 0 Å². The van der Waals surface area contributed by atoms with Gasteiger partial charge in [0.25, 0.3) is 0 Å². The summed E-state index contributed by atoms with van der Waals surface area (Å²) in [4.78, 5) is 4.86. The van der Waals surface area contributed by atoms with Crippen LogP contribution in [0.3, 0.4) is 0 Å². The van der Waals surface area contributed by atoms with Gasteiger partial charge in [-0.3, -0.25) is 4.90 Å². The quantitative estimate of drug-likeness (QED) is 0.661. The van der Waals surface area contributed by atoms with E-state index in [0.29, 0.717) is 0 Å². The first-order valence-corrected chi connectivity index (χ1v) is 6.69. The second kappa shape index (κ2) is 7.25. The molecular weight excluding hydrogens is 198 g/mol. The summed E-state index contributed by atoms with van der Waals surface area (Å²) in [5.41, 5.74) is 0. The summed E-state index contributed by atoms with van der Waals surface area (Å²) in [5, 5.41) is 3.53. The van der Waals surface area contributed by atoms with Crippen LogP contribution < -0.4 is 5.32 Å². The van der Waals surface area contributed by atoms with Gasteiger partial charge in [0.15, 0.2) is 0 Å². The number of nitrogens with zero attached hydrogens (tertiary/aromatic N) is 2. The molecule has 0 spiro atoms. The van der Waals surface area contributed by atoms with Crippen molar-refractivity contribution in [2.24, 2.45) is 5.92 Å². The van der Waals surface area contributed by atoms with Crippen molar-refractivity contribution in [3.05, 3.63) is 0 Å².